The van der Waals surface area contributed by atoms with Crippen LogP contribution in [0.25, 0.3) is 0 Å². The van der Waals surface area contributed by atoms with Crippen molar-refractivity contribution in [1.29, 1.82) is 5.26 Å². The third-order valence-electron chi connectivity index (χ3n) is 5.37. The minimum atomic E-state index is -0.536. The average Bonchev–Trinajstić information content (AvgIpc) is 3.05. The zero-order chi connectivity index (χ0) is 22.8. The van der Waals surface area contributed by atoms with Gasteiger partial charge in [-0.2, -0.15) is 10.2 Å². The molecule has 0 aliphatic carbocycles. The van der Waals surface area contributed by atoms with Crippen LogP contribution >= 0.6 is 11.8 Å². The number of aryl methyl sites for hydroxylation is 2. The SMILES string of the molecule is Cc1[nH]c(=O)nc(SCC(=O)c2cc(C)n(CC3COc4ccccc4O3)c2C)c1C#N. The number of rotatable bonds is 6. The number of aromatic nitrogens is 3. The van der Waals surface area contributed by atoms with Gasteiger partial charge >= 0.3 is 5.69 Å². The van der Waals surface area contributed by atoms with Crippen molar-refractivity contribution in [1.82, 2.24) is 14.5 Å². The first-order valence-corrected chi connectivity index (χ1v) is 11.1. The molecule has 0 amide bonds. The Hall–Kier alpha value is -3.51. The largest absolute Gasteiger partial charge is 0.486 e. The summed E-state index contributed by atoms with van der Waals surface area (Å²) in [4.78, 5) is 31.0. The molecule has 1 aliphatic heterocycles. The molecule has 0 saturated heterocycles. The van der Waals surface area contributed by atoms with Crippen LogP contribution in [0.1, 0.15) is 33.0 Å². The van der Waals surface area contributed by atoms with Crippen LogP contribution in [0.4, 0.5) is 0 Å². The molecule has 4 rings (SSSR count). The van der Waals surface area contributed by atoms with Gasteiger partial charge in [-0.15, -0.1) is 0 Å². The lowest BCUT2D eigenvalue weighted by Gasteiger charge is -2.27. The van der Waals surface area contributed by atoms with Crippen molar-refractivity contribution in [3.05, 3.63) is 69.0 Å². The van der Waals surface area contributed by atoms with Gasteiger partial charge in [0, 0.05) is 22.6 Å². The number of hydrogen-bond donors (Lipinski definition) is 1. The van der Waals surface area contributed by atoms with Crippen LogP contribution in [0.15, 0.2) is 40.2 Å². The summed E-state index contributed by atoms with van der Waals surface area (Å²) in [5.41, 5.74) is 2.57. The van der Waals surface area contributed by atoms with Crippen molar-refractivity contribution in [3.8, 4) is 17.6 Å². The molecule has 32 heavy (non-hydrogen) atoms. The van der Waals surface area contributed by atoms with E-state index < -0.39 is 5.69 Å². The Labute approximate surface area is 189 Å². The number of Topliss-reactive ketones (excluding diaryl/α,β-unsaturated/α-hetero) is 1. The number of hydrogen-bond acceptors (Lipinski definition) is 7. The predicted molar refractivity (Wildman–Crippen MR) is 120 cm³/mol. The number of ether oxygens (including phenoxy) is 2. The van der Waals surface area contributed by atoms with Crippen LogP contribution in [0, 0.1) is 32.1 Å². The molecule has 1 N–H and O–H groups in total. The van der Waals surface area contributed by atoms with E-state index in [0.29, 0.717) is 30.2 Å². The molecule has 2 aromatic heterocycles. The monoisotopic (exact) mass is 450 g/mol. The molecular formula is C23H22N4O4S. The molecule has 164 valence electrons. The van der Waals surface area contributed by atoms with Crippen molar-refractivity contribution < 1.29 is 14.3 Å². The quantitative estimate of drug-likeness (QED) is 0.349. The highest BCUT2D eigenvalue weighted by Gasteiger charge is 2.24. The fraction of sp³-hybridized carbons (Fsp3) is 0.304. The van der Waals surface area contributed by atoms with E-state index in [1.807, 2.05) is 50.2 Å². The fourth-order valence-electron chi connectivity index (χ4n) is 3.73. The van der Waals surface area contributed by atoms with Gasteiger partial charge in [-0.05, 0) is 39.0 Å². The van der Waals surface area contributed by atoms with Gasteiger partial charge in [0.2, 0.25) is 0 Å². The summed E-state index contributed by atoms with van der Waals surface area (Å²) in [5.74, 6) is 1.43. The second-order valence-corrected chi connectivity index (χ2v) is 8.53. The van der Waals surface area contributed by atoms with Crippen molar-refractivity contribution >= 4 is 17.5 Å². The molecule has 9 heteroatoms. The molecule has 0 saturated carbocycles. The van der Waals surface area contributed by atoms with Crippen LogP contribution < -0.4 is 15.2 Å². The Morgan fingerprint density at radius 3 is 2.81 bits per heavy atom. The zero-order valence-corrected chi connectivity index (χ0v) is 18.8. The number of thioether (sulfide) groups is 1. The second kappa shape index (κ2) is 8.93. The van der Waals surface area contributed by atoms with Crippen LogP contribution in [-0.2, 0) is 6.54 Å². The number of para-hydroxylation sites is 2. The van der Waals surface area contributed by atoms with Crippen molar-refractivity contribution in [2.75, 3.05) is 12.4 Å². The second-order valence-electron chi connectivity index (χ2n) is 7.56. The first kappa shape index (κ1) is 21.7. The van der Waals surface area contributed by atoms with E-state index >= 15 is 0 Å². The number of nitrogens with one attached hydrogen (secondary N) is 1. The van der Waals surface area contributed by atoms with E-state index in [4.69, 9.17) is 9.47 Å². The number of carbonyl (C=O) groups excluding carboxylic acids is 1. The lowest BCUT2D eigenvalue weighted by Crippen LogP contribution is -2.33. The van der Waals surface area contributed by atoms with Crippen molar-refractivity contribution in [2.24, 2.45) is 0 Å². The highest BCUT2D eigenvalue weighted by Crippen LogP contribution is 2.32. The topological polar surface area (TPSA) is 110 Å². The summed E-state index contributed by atoms with van der Waals surface area (Å²) in [6.07, 6.45) is -0.173. The third kappa shape index (κ3) is 4.27. The summed E-state index contributed by atoms with van der Waals surface area (Å²) < 4.78 is 13.9. The lowest BCUT2D eigenvalue weighted by atomic mass is 10.2. The fourth-order valence-corrected chi connectivity index (χ4v) is 4.64. The summed E-state index contributed by atoms with van der Waals surface area (Å²) >= 11 is 1.10. The zero-order valence-electron chi connectivity index (χ0n) is 18.0. The number of carbonyl (C=O) groups is 1. The summed E-state index contributed by atoms with van der Waals surface area (Å²) in [5, 5.41) is 9.60. The number of H-pyrrole nitrogens is 1. The van der Waals surface area contributed by atoms with E-state index in [-0.39, 0.29) is 28.2 Å². The van der Waals surface area contributed by atoms with Crippen molar-refractivity contribution in [3.63, 3.8) is 0 Å². The Morgan fingerprint density at radius 1 is 1.31 bits per heavy atom. The smallest absolute Gasteiger partial charge is 0.346 e. The van der Waals surface area contributed by atoms with E-state index in [1.165, 1.54) is 0 Å². The highest BCUT2D eigenvalue weighted by molar-refractivity contribution is 8.00. The van der Waals surface area contributed by atoms with Crippen molar-refractivity contribution in [2.45, 2.75) is 38.4 Å². The van der Waals surface area contributed by atoms with Crippen LogP contribution in [-0.4, -0.2) is 38.8 Å². The molecule has 0 bridgehead atoms. The molecule has 8 nitrogen and oxygen atoms in total. The standard InChI is InChI=1S/C23H22N4O4S/c1-13-8-17(19(28)12-32-22-18(9-24)14(2)25-23(29)26-22)15(3)27(13)10-16-11-30-20-6-4-5-7-21(20)31-16/h4-8,16H,10-12H2,1-3H3,(H,25,26,29). The van der Waals surface area contributed by atoms with Crippen LogP contribution in [0.2, 0.25) is 0 Å². The molecule has 1 atom stereocenters. The Bertz CT molecular complexity index is 1290. The third-order valence-corrected chi connectivity index (χ3v) is 6.34. The number of nitrogens with zero attached hydrogens (tertiary/aromatic N) is 3. The summed E-state index contributed by atoms with van der Waals surface area (Å²) in [7, 11) is 0. The lowest BCUT2D eigenvalue weighted by molar-refractivity contribution is 0.0777. The molecule has 1 aromatic carbocycles. The van der Waals surface area contributed by atoms with E-state index in [9.17, 15) is 14.9 Å². The van der Waals surface area contributed by atoms with Gasteiger partial charge in [-0.25, -0.2) is 4.79 Å². The Balaban J connectivity index is 1.48. The minimum absolute atomic E-state index is 0.0747. The highest BCUT2D eigenvalue weighted by atomic mass is 32.2. The molecule has 3 aromatic rings. The maximum atomic E-state index is 12.9. The predicted octanol–water partition coefficient (Wildman–Crippen LogP) is 3.18. The van der Waals surface area contributed by atoms with E-state index in [0.717, 1.165) is 28.9 Å². The average molecular weight is 451 g/mol. The van der Waals surface area contributed by atoms with Gasteiger partial charge in [0.15, 0.2) is 23.4 Å². The first-order valence-electron chi connectivity index (χ1n) is 10.1. The molecular weight excluding hydrogens is 428 g/mol. The number of benzene rings is 1. The number of ketones is 1. The molecule has 0 radical (unpaired) electrons. The molecule has 0 fully saturated rings. The number of fused-ring (bicyclic) bond motifs is 1. The van der Waals surface area contributed by atoms with Gasteiger partial charge in [-0.3, -0.25) is 4.79 Å². The Kier molecular flexibility index (Phi) is 6.06. The Morgan fingerprint density at radius 2 is 2.06 bits per heavy atom. The van der Waals surface area contributed by atoms with E-state index in [1.54, 1.807) is 6.92 Å². The molecule has 1 aliphatic rings. The van der Waals surface area contributed by atoms with E-state index in [2.05, 4.69) is 14.5 Å². The molecule has 0 spiro atoms. The normalized spacial score (nSPS) is 14.8. The van der Waals surface area contributed by atoms with Gasteiger partial charge in [0.25, 0.3) is 0 Å². The molecule has 3 heterocycles. The summed E-state index contributed by atoms with van der Waals surface area (Å²) in [6.45, 7) is 6.47. The van der Waals surface area contributed by atoms with Crippen LogP contribution in [0.3, 0.4) is 0 Å². The maximum Gasteiger partial charge on any atom is 0.346 e. The number of aromatic amines is 1. The summed E-state index contributed by atoms with van der Waals surface area (Å²) in [6, 6.07) is 11.5. The molecule has 1 unspecified atom stereocenters. The van der Waals surface area contributed by atoms with Gasteiger partial charge in [0.1, 0.15) is 23.3 Å². The van der Waals surface area contributed by atoms with Gasteiger partial charge < -0.3 is 19.0 Å². The maximum absolute atomic E-state index is 12.9. The first-order chi connectivity index (χ1) is 15.4. The van der Waals surface area contributed by atoms with Gasteiger partial charge in [-0.1, -0.05) is 23.9 Å². The van der Waals surface area contributed by atoms with Gasteiger partial charge in [0.05, 0.1) is 12.3 Å². The number of nitriles is 1. The minimum Gasteiger partial charge on any atom is -0.486 e. The van der Waals surface area contributed by atoms with Crippen LogP contribution in [0.5, 0.6) is 11.5 Å².